The lowest BCUT2D eigenvalue weighted by Gasteiger charge is -2.34. The van der Waals surface area contributed by atoms with Gasteiger partial charge in [-0.3, -0.25) is 9.69 Å². The molecule has 0 spiro atoms. The van der Waals surface area contributed by atoms with E-state index in [1.54, 1.807) is 18.3 Å². The molecule has 26 heavy (non-hydrogen) atoms. The van der Waals surface area contributed by atoms with Gasteiger partial charge in [0.05, 0.1) is 19.3 Å². The standard InChI is InChI=1S/C19H21N3O3S/c1-19(2)13-10-20-18(26-4)21-15(13)16(17(24)25-3)22(19)11-14(23)12-8-6-5-7-9-12/h5-10,16H,11H2,1-4H3. The van der Waals surface area contributed by atoms with Crippen molar-refractivity contribution in [2.75, 3.05) is 19.9 Å². The number of thioether (sulfide) groups is 1. The van der Waals surface area contributed by atoms with E-state index in [-0.39, 0.29) is 12.3 Å². The Morgan fingerprint density at radius 3 is 2.58 bits per heavy atom. The number of ketones is 1. The minimum absolute atomic E-state index is 0.0570. The summed E-state index contributed by atoms with van der Waals surface area (Å²) in [6, 6.07) is 8.33. The number of hydrogen-bond donors (Lipinski definition) is 0. The zero-order chi connectivity index (χ0) is 18.9. The van der Waals surface area contributed by atoms with Crippen LogP contribution in [-0.2, 0) is 15.1 Å². The Morgan fingerprint density at radius 1 is 1.27 bits per heavy atom. The molecule has 0 fully saturated rings. The average molecular weight is 371 g/mol. The number of hydrogen-bond acceptors (Lipinski definition) is 7. The highest BCUT2D eigenvalue weighted by Crippen LogP contribution is 2.45. The molecule has 0 amide bonds. The SMILES string of the molecule is COC(=O)C1c2nc(SC)ncc2C(C)(C)N1CC(=O)c1ccccc1. The molecule has 0 aliphatic carbocycles. The van der Waals surface area contributed by atoms with Crippen molar-refractivity contribution in [2.24, 2.45) is 0 Å². The summed E-state index contributed by atoms with van der Waals surface area (Å²) in [6.45, 7) is 4.02. The van der Waals surface area contributed by atoms with Gasteiger partial charge in [0.25, 0.3) is 0 Å². The zero-order valence-electron chi connectivity index (χ0n) is 15.2. The Kier molecular flexibility index (Phi) is 5.11. The Bertz CT molecular complexity index is 839. The van der Waals surface area contributed by atoms with E-state index in [1.165, 1.54) is 18.9 Å². The third-order valence-corrected chi connectivity index (χ3v) is 5.32. The summed E-state index contributed by atoms with van der Waals surface area (Å²) in [5.74, 6) is -0.484. The van der Waals surface area contributed by atoms with Gasteiger partial charge < -0.3 is 4.74 Å². The normalized spacial score (nSPS) is 18.4. The molecule has 1 aromatic heterocycles. The van der Waals surface area contributed by atoms with Gasteiger partial charge in [0.1, 0.15) is 0 Å². The molecule has 0 saturated carbocycles. The Labute approximate surface area is 157 Å². The summed E-state index contributed by atoms with van der Waals surface area (Å²) < 4.78 is 5.02. The molecule has 2 aromatic rings. The van der Waals surface area contributed by atoms with Crippen molar-refractivity contribution < 1.29 is 14.3 Å². The largest absolute Gasteiger partial charge is 0.468 e. The van der Waals surface area contributed by atoms with Crippen molar-refractivity contribution in [1.29, 1.82) is 0 Å². The van der Waals surface area contributed by atoms with E-state index in [0.29, 0.717) is 16.4 Å². The van der Waals surface area contributed by atoms with Gasteiger partial charge in [-0.2, -0.15) is 0 Å². The average Bonchev–Trinajstić information content (AvgIpc) is 2.88. The minimum atomic E-state index is -0.730. The second-order valence-electron chi connectivity index (χ2n) is 6.56. The molecule has 0 bridgehead atoms. The van der Waals surface area contributed by atoms with E-state index < -0.39 is 17.6 Å². The summed E-state index contributed by atoms with van der Waals surface area (Å²) in [5, 5.41) is 0.588. The number of Topliss-reactive ketones (excluding diaryl/α,β-unsaturated/α-hetero) is 1. The van der Waals surface area contributed by atoms with Crippen LogP contribution < -0.4 is 0 Å². The van der Waals surface area contributed by atoms with Crippen molar-refractivity contribution >= 4 is 23.5 Å². The first-order valence-electron chi connectivity index (χ1n) is 8.24. The third kappa shape index (κ3) is 3.12. The number of benzene rings is 1. The predicted octanol–water partition coefficient (Wildman–Crippen LogP) is 2.85. The lowest BCUT2D eigenvalue weighted by molar-refractivity contribution is -0.148. The number of esters is 1. The summed E-state index contributed by atoms with van der Waals surface area (Å²) >= 11 is 1.41. The van der Waals surface area contributed by atoms with Gasteiger partial charge in [-0.25, -0.2) is 14.8 Å². The molecule has 0 saturated heterocycles. The summed E-state index contributed by atoms with van der Waals surface area (Å²) in [6.07, 6.45) is 3.63. The van der Waals surface area contributed by atoms with E-state index in [1.807, 2.05) is 43.2 Å². The highest BCUT2D eigenvalue weighted by molar-refractivity contribution is 7.98. The van der Waals surface area contributed by atoms with Crippen LogP contribution in [0.1, 0.15) is 41.5 Å². The van der Waals surface area contributed by atoms with E-state index >= 15 is 0 Å². The lowest BCUT2D eigenvalue weighted by atomic mass is 9.97. The van der Waals surface area contributed by atoms with Crippen LogP contribution in [0, 0.1) is 0 Å². The number of ether oxygens (including phenoxy) is 1. The van der Waals surface area contributed by atoms with Gasteiger partial charge in [0.15, 0.2) is 17.0 Å². The summed E-state index contributed by atoms with van der Waals surface area (Å²) in [7, 11) is 1.35. The van der Waals surface area contributed by atoms with Crippen molar-refractivity contribution in [3.63, 3.8) is 0 Å². The Balaban J connectivity index is 2.02. The smallest absolute Gasteiger partial charge is 0.329 e. The van der Waals surface area contributed by atoms with Gasteiger partial charge in [0, 0.05) is 22.9 Å². The molecule has 7 heteroatoms. The number of aromatic nitrogens is 2. The van der Waals surface area contributed by atoms with Crippen LogP contribution in [0.3, 0.4) is 0 Å². The number of carbonyl (C=O) groups excluding carboxylic acids is 2. The van der Waals surface area contributed by atoms with Crippen molar-refractivity contribution in [1.82, 2.24) is 14.9 Å². The highest BCUT2D eigenvalue weighted by Gasteiger charge is 2.50. The number of carbonyl (C=O) groups is 2. The molecule has 0 radical (unpaired) electrons. The molecule has 1 aliphatic heterocycles. The summed E-state index contributed by atoms with van der Waals surface area (Å²) in [4.78, 5) is 36.1. The van der Waals surface area contributed by atoms with Crippen molar-refractivity contribution in [2.45, 2.75) is 30.6 Å². The van der Waals surface area contributed by atoms with Crippen LogP contribution in [0.5, 0.6) is 0 Å². The fourth-order valence-corrected chi connectivity index (χ4v) is 3.64. The first-order chi connectivity index (χ1) is 12.4. The first kappa shape index (κ1) is 18.5. The van der Waals surface area contributed by atoms with Crippen LogP contribution >= 0.6 is 11.8 Å². The van der Waals surface area contributed by atoms with Crippen molar-refractivity contribution in [3.8, 4) is 0 Å². The fourth-order valence-electron chi connectivity index (χ4n) is 3.29. The quantitative estimate of drug-likeness (QED) is 0.346. The molecule has 1 unspecified atom stereocenters. The van der Waals surface area contributed by atoms with E-state index in [2.05, 4.69) is 9.97 Å². The molecule has 6 nitrogen and oxygen atoms in total. The van der Waals surface area contributed by atoms with Crippen LogP contribution in [0.25, 0.3) is 0 Å². The molecule has 2 heterocycles. The van der Waals surface area contributed by atoms with Gasteiger partial charge >= 0.3 is 5.97 Å². The molecule has 0 N–H and O–H groups in total. The second-order valence-corrected chi connectivity index (χ2v) is 7.33. The van der Waals surface area contributed by atoms with Crippen LogP contribution in [-0.4, -0.2) is 46.5 Å². The Hall–Kier alpha value is -2.25. The summed E-state index contributed by atoms with van der Waals surface area (Å²) in [5.41, 5.74) is 1.49. The monoisotopic (exact) mass is 371 g/mol. The topological polar surface area (TPSA) is 72.4 Å². The minimum Gasteiger partial charge on any atom is -0.468 e. The number of fused-ring (bicyclic) bond motifs is 1. The van der Waals surface area contributed by atoms with Gasteiger partial charge in [0.2, 0.25) is 0 Å². The number of methoxy groups -OCH3 is 1. The molecule has 1 aliphatic rings. The van der Waals surface area contributed by atoms with Crippen LogP contribution in [0.15, 0.2) is 41.7 Å². The van der Waals surface area contributed by atoms with Gasteiger partial charge in [-0.1, -0.05) is 42.1 Å². The molecule has 136 valence electrons. The fraction of sp³-hybridized carbons (Fsp3) is 0.368. The van der Waals surface area contributed by atoms with Gasteiger partial charge in [-0.15, -0.1) is 0 Å². The van der Waals surface area contributed by atoms with E-state index in [9.17, 15) is 9.59 Å². The Morgan fingerprint density at radius 2 is 1.96 bits per heavy atom. The number of rotatable bonds is 5. The second kappa shape index (κ2) is 7.17. The maximum absolute atomic E-state index is 12.8. The van der Waals surface area contributed by atoms with E-state index in [0.717, 1.165) is 5.56 Å². The van der Waals surface area contributed by atoms with E-state index in [4.69, 9.17) is 4.74 Å². The molecule has 1 aromatic carbocycles. The predicted molar refractivity (Wildman–Crippen MR) is 99.1 cm³/mol. The third-order valence-electron chi connectivity index (χ3n) is 4.76. The maximum atomic E-state index is 12.8. The van der Waals surface area contributed by atoms with Gasteiger partial charge in [-0.05, 0) is 20.1 Å². The molecule has 1 atom stereocenters. The van der Waals surface area contributed by atoms with Crippen LogP contribution in [0.2, 0.25) is 0 Å². The van der Waals surface area contributed by atoms with Crippen LogP contribution in [0.4, 0.5) is 0 Å². The van der Waals surface area contributed by atoms with Crippen molar-refractivity contribution in [3.05, 3.63) is 53.3 Å². The zero-order valence-corrected chi connectivity index (χ0v) is 16.0. The lowest BCUT2D eigenvalue weighted by Crippen LogP contribution is -2.43. The first-order valence-corrected chi connectivity index (χ1v) is 9.47. The molecular weight excluding hydrogens is 350 g/mol. The number of nitrogens with zero attached hydrogens (tertiary/aromatic N) is 3. The maximum Gasteiger partial charge on any atom is 0.329 e. The molecular formula is C19H21N3O3S. The molecule has 3 rings (SSSR count). The highest BCUT2D eigenvalue weighted by atomic mass is 32.2.